The molecular formula is C21H24ClN5O2. The lowest BCUT2D eigenvalue weighted by Crippen LogP contribution is -2.09. The van der Waals surface area contributed by atoms with Gasteiger partial charge in [0.2, 0.25) is 5.95 Å². The van der Waals surface area contributed by atoms with E-state index in [1.165, 1.54) is 5.56 Å². The predicted molar refractivity (Wildman–Crippen MR) is 113 cm³/mol. The number of aryl methyl sites for hydroxylation is 1. The number of rotatable bonds is 10. The zero-order valence-electron chi connectivity index (χ0n) is 16.6. The third-order valence-corrected chi connectivity index (χ3v) is 4.55. The summed E-state index contributed by atoms with van der Waals surface area (Å²) in [6.45, 7) is 9.59. The number of anilines is 1. The molecular weight excluding hydrogens is 390 g/mol. The molecule has 0 unspecified atom stereocenters. The highest BCUT2D eigenvalue weighted by Gasteiger charge is 2.13. The van der Waals surface area contributed by atoms with Crippen LogP contribution in [0.3, 0.4) is 0 Å². The molecule has 7 nitrogen and oxygen atoms in total. The van der Waals surface area contributed by atoms with Crippen LogP contribution in [-0.4, -0.2) is 26.8 Å². The monoisotopic (exact) mass is 413 g/mol. The van der Waals surface area contributed by atoms with E-state index in [0.717, 1.165) is 11.1 Å². The molecule has 1 N–H and O–H groups in total. The maximum absolute atomic E-state index is 6.49. The van der Waals surface area contributed by atoms with Gasteiger partial charge in [-0.1, -0.05) is 52.6 Å². The molecule has 3 rings (SSSR count). The Morgan fingerprint density at radius 1 is 1.17 bits per heavy atom. The van der Waals surface area contributed by atoms with Crippen LogP contribution >= 0.6 is 11.6 Å². The van der Waals surface area contributed by atoms with Crippen molar-refractivity contribution in [2.24, 2.45) is 0 Å². The summed E-state index contributed by atoms with van der Waals surface area (Å²) in [6, 6.07) is 11.9. The first-order valence-electron chi connectivity index (χ1n) is 9.35. The van der Waals surface area contributed by atoms with E-state index in [4.69, 9.17) is 21.1 Å². The van der Waals surface area contributed by atoms with Crippen LogP contribution in [-0.2, 0) is 19.7 Å². The van der Waals surface area contributed by atoms with Gasteiger partial charge in [0.25, 0.3) is 0 Å². The number of ether oxygens (including phenoxy) is 2. The maximum atomic E-state index is 6.49. The van der Waals surface area contributed by atoms with Crippen LogP contribution in [0, 0.1) is 6.92 Å². The van der Waals surface area contributed by atoms with Gasteiger partial charge in [0.15, 0.2) is 11.5 Å². The summed E-state index contributed by atoms with van der Waals surface area (Å²) in [5, 5.41) is 15.3. The smallest absolute Gasteiger partial charge is 0.243 e. The highest BCUT2D eigenvalue weighted by molar-refractivity contribution is 6.31. The standard InChI is InChI=1S/C21H24ClN5O2/c1-4-10-27-21(24-25-26-27)23-13-17-11-19(28-5-2)20(12-18(17)22)29-14-16-8-6-15(3)7-9-16/h4,6-9,11-12H,1,5,10,13-14H2,2-3H3,(H,23,24,26). The van der Waals surface area contributed by atoms with Crippen molar-refractivity contribution < 1.29 is 9.47 Å². The molecule has 0 aliphatic rings. The molecule has 0 spiro atoms. The van der Waals surface area contributed by atoms with Crippen LogP contribution in [0.25, 0.3) is 0 Å². The van der Waals surface area contributed by atoms with Gasteiger partial charge in [0, 0.05) is 17.6 Å². The van der Waals surface area contributed by atoms with Gasteiger partial charge in [0.1, 0.15) is 6.61 Å². The molecule has 0 radical (unpaired) electrons. The summed E-state index contributed by atoms with van der Waals surface area (Å²) in [6.07, 6.45) is 1.72. The summed E-state index contributed by atoms with van der Waals surface area (Å²) >= 11 is 6.49. The van der Waals surface area contributed by atoms with Crippen LogP contribution in [0.4, 0.5) is 5.95 Å². The molecule has 0 bridgehead atoms. The maximum Gasteiger partial charge on any atom is 0.243 e. The fraction of sp³-hybridized carbons (Fsp3) is 0.286. The largest absolute Gasteiger partial charge is 0.490 e. The number of allylic oxidation sites excluding steroid dienone is 1. The minimum absolute atomic E-state index is 0.435. The van der Waals surface area contributed by atoms with Gasteiger partial charge >= 0.3 is 0 Å². The van der Waals surface area contributed by atoms with Crippen molar-refractivity contribution in [3.63, 3.8) is 0 Å². The molecule has 0 aliphatic heterocycles. The van der Waals surface area contributed by atoms with Crippen molar-refractivity contribution in [3.05, 3.63) is 70.8 Å². The van der Waals surface area contributed by atoms with Crippen molar-refractivity contribution in [2.45, 2.75) is 33.5 Å². The molecule has 3 aromatic rings. The van der Waals surface area contributed by atoms with E-state index in [9.17, 15) is 0 Å². The van der Waals surface area contributed by atoms with E-state index in [1.54, 1.807) is 16.8 Å². The average molecular weight is 414 g/mol. The highest BCUT2D eigenvalue weighted by atomic mass is 35.5. The van der Waals surface area contributed by atoms with Crippen LogP contribution in [0.5, 0.6) is 11.5 Å². The molecule has 8 heteroatoms. The zero-order chi connectivity index (χ0) is 20.6. The first-order chi connectivity index (χ1) is 14.1. The second-order valence-corrected chi connectivity index (χ2v) is 6.83. The topological polar surface area (TPSA) is 74.1 Å². The van der Waals surface area contributed by atoms with E-state index in [1.807, 2.05) is 25.1 Å². The normalized spacial score (nSPS) is 10.6. The second-order valence-electron chi connectivity index (χ2n) is 6.42. The van der Waals surface area contributed by atoms with Crippen LogP contribution in [0.2, 0.25) is 5.02 Å². The fourth-order valence-electron chi connectivity index (χ4n) is 2.69. The summed E-state index contributed by atoms with van der Waals surface area (Å²) in [5.41, 5.74) is 3.14. The van der Waals surface area contributed by atoms with E-state index >= 15 is 0 Å². The first-order valence-corrected chi connectivity index (χ1v) is 9.73. The minimum Gasteiger partial charge on any atom is -0.490 e. The number of hydrogen-bond acceptors (Lipinski definition) is 6. The van der Waals surface area contributed by atoms with Crippen molar-refractivity contribution in [1.29, 1.82) is 0 Å². The van der Waals surface area contributed by atoms with Crippen molar-refractivity contribution >= 4 is 17.5 Å². The average Bonchev–Trinajstić information content (AvgIpc) is 3.15. The van der Waals surface area contributed by atoms with Crippen LogP contribution < -0.4 is 14.8 Å². The predicted octanol–water partition coefficient (Wildman–Crippen LogP) is 4.41. The Morgan fingerprint density at radius 3 is 2.66 bits per heavy atom. The molecule has 0 amide bonds. The van der Waals surface area contributed by atoms with Crippen molar-refractivity contribution in [2.75, 3.05) is 11.9 Å². The summed E-state index contributed by atoms with van der Waals surface area (Å²) in [4.78, 5) is 0. The van der Waals surface area contributed by atoms with E-state index in [-0.39, 0.29) is 0 Å². The Hall–Kier alpha value is -3.06. The molecule has 2 aromatic carbocycles. The van der Waals surface area contributed by atoms with Crippen LogP contribution in [0.1, 0.15) is 23.6 Å². The van der Waals surface area contributed by atoms with Gasteiger partial charge in [-0.05, 0) is 41.5 Å². The fourth-order valence-corrected chi connectivity index (χ4v) is 2.91. The molecule has 0 saturated carbocycles. The Bertz CT molecular complexity index is 956. The lowest BCUT2D eigenvalue weighted by atomic mass is 10.1. The molecule has 0 saturated heterocycles. The molecule has 29 heavy (non-hydrogen) atoms. The Kier molecular flexibility index (Phi) is 7.08. The number of tetrazole rings is 1. The lowest BCUT2D eigenvalue weighted by Gasteiger charge is -2.15. The number of hydrogen-bond donors (Lipinski definition) is 1. The Morgan fingerprint density at radius 2 is 1.93 bits per heavy atom. The van der Waals surface area contributed by atoms with E-state index in [2.05, 4.69) is 46.5 Å². The van der Waals surface area contributed by atoms with Gasteiger partial charge in [0.05, 0.1) is 13.2 Å². The quantitative estimate of drug-likeness (QED) is 0.496. The Labute approximate surface area is 175 Å². The van der Waals surface area contributed by atoms with E-state index < -0.39 is 0 Å². The molecule has 0 atom stereocenters. The molecule has 0 aliphatic carbocycles. The number of nitrogens with zero attached hydrogens (tertiary/aromatic N) is 4. The number of benzene rings is 2. The van der Waals surface area contributed by atoms with Gasteiger partial charge in [-0.15, -0.1) is 6.58 Å². The summed E-state index contributed by atoms with van der Waals surface area (Å²) in [7, 11) is 0. The highest BCUT2D eigenvalue weighted by Crippen LogP contribution is 2.34. The first kappa shape index (κ1) is 20.7. The van der Waals surface area contributed by atoms with Gasteiger partial charge in [-0.25, -0.2) is 4.68 Å². The molecule has 0 fully saturated rings. The molecule has 1 heterocycles. The third-order valence-electron chi connectivity index (χ3n) is 4.20. The van der Waals surface area contributed by atoms with Crippen molar-refractivity contribution in [3.8, 4) is 11.5 Å². The van der Waals surface area contributed by atoms with Gasteiger partial charge in [-0.2, -0.15) is 0 Å². The summed E-state index contributed by atoms with van der Waals surface area (Å²) in [5.74, 6) is 1.79. The second kappa shape index (κ2) is 9.93. The van der Waals surface area contributed by atoms with E-state index in [0.29, 0.717) is 48.8 Å². The Balaban J connectivity index is 1.73. The number of halogens is 1. The van der Waals surface area contributed by atoms with Gasteiger partial charge in [-0.3, -0.25) is 0 Å². The van der Waals surface area contributed by atoms with Crippen LogP contribution in [0.15, 0.2) is 49.1 Å². The minimum atomic E-state index is 0.435. The van der Waals surface area contributed by atoms with Gasteiger partial charge < -0.3 is 14.8 Å². The summed E-state index contributed by atoms with van der Waals surface area (Å²) < 4.78 is 13.4. The number of aromatic nitrogens is 4. The SMILES string of the molecule is C=CCn1nnnc1NCc1cc(OCC)c(OCc2ccc(C)cc2)cc1Cl. The molecule has 1 aromatic heterocycles. The zero-order valence-corrected chi connectivity index (χ0v) is 17.3. The number of nitrogens with one attached hydrogen (secondary N) is 1. The molecule has 152 valence electrons. The third kappa shape index (κ3) is 5.48. The van der Waals surface area contributed by atoms with Crippen molar-refractivity contribution in [1.82, 2.24) is 20.2 Å². The lowest BCUT2D eigenvalue weighted by molar-refractivity contribution is 0.269.